The molecule has 3 aliphatic rings. The molecule has 1 saturated carbocycles. The van der Waals surface area contributed by atoms with Crippen molar-refractivity contribution in [3.8, 4) is 6.07 Å². The van der Waals surface area contributed by atoms with Gasteiger partial charge in [0, 0.05) is 36.2 Å². The molecule has 2 saturated heterocycles. The van der Waals surface area contributed by atoms with Crippen LogP contribution >= 0.6 is 0 Å². The third-order valence-electron chi connectivity index (χ3n) is 8.10. The van der Waals surface area contributed by atoms with Crippen LogP contribution in [0, 0.1) is 39.9 Å². The number of nitrogens with one attached hydrogen (secondary N) is 1. The van der Waals surface area contributed by atoms with Crippen LogP contribution in [0.4, 0.5) is 13.2 Å². The molecule has 0 bridgehead atoms. The Morgan fingerprint density at radius 3 is 2.71 bits per heavy atom. The zero-order valence-corrected chi connectivity index (χ0v) is 18.9. The van der Waals surface area contributed by atoms with Crippen molar-refractivity contribution < 1.29 is 27.6 Å². The number of piperidine rings is 2. The van der Waals surface area contributed by atoms with Crippen molar-refractivity contribution in [1.29, 1.82) is 5.26 Å². The minimum atomic E-state index is -4.73. The molecule has 3 unspecified atom stereocenters. The van der Waals surface area contributed by atoms with Crippen LogP contribution in [-0.2, 0) is 15.8 Å². The molecule has 3 heterocycles. The second kappa shape index (κ2) is 7.96. The van der Waals surface area contributed by atoms with Gasteiger partial charge in [-0.1, -0.05) is 13.8 Å². The van der Waals surface area contributed by atoms with Gasteiger partial charge in [0.05, 0.1) is 12.0 Å². The van der Waals surface area contributed by atoms with Crippen molar-refractivity contribution in [2.75, 3.05) is 13.1 Å². The highest BCUT2D eigenvalue weighted by atomic mass is 19.4. The summed E-state index contributed by atoms with van der Waals surface area (Å²) >= 11 is 0. The van der Waals surface area contributed by atoms with Crippen LogP contribution < -0.4 is 11.1 Å². The number of hydrogen-bond acceptors (Lipinski definition) is 5. The maximum Gasteiger partial charge on any atom is 0.433 e. The summed E-state index contributed by atoms with van der Waals surface area (Å²) in [5.41, 5.74) is 2.78. The van der Waals surface area contributed by atoms with Crippen molar-refractivity contribution in [1.82, 2.24) is 15.2 Å². The van der Waals surface area contributed by atoms with E-state index in [4.69, 9.17) is 5.73 Å². The van der Waals surface area contributed by atoms with Gasteiger partial charge in [-0.2, -0.15) is 18.4 Å². The van der Waals surface area contributed by atoms with Crippen LogP contribution in [0.5, 0.6) is 0 Å². The van der Waals surface area contributed by atoms with Gasteiger partial charge >= 0.3 is 6.18 Å². The van der Waals surface area contributed by atoms with Gasteiger partial charge in [-0.15, -0.1) is 0 Å². The number of pyridine rings is 1. The Morgan fingerprint density at radius 1 is 1.41 bits per heavy atom. The highest BCUT2D eigenvalue weighted by Gasteiger charge is 2.83. The van der Waals surface area contributed by atoms with E-state index in [9.17, 15) is 32.8 Å². The number of nitriles is 1. The lowest BCUT2D eigenvalue weighted by atomic mass is 9.72. The molecule has 11 heteroatoms. The normalized spacial score (nSPS) is 30.6. The van der Waals surface area contributed by atoms with Crippen LogP contribution in [0.2, 0.25) is 0 Å². The minimum absolute atomic E-state index is 0.0815. The van der Waals surface area contributed by atoms with E-state index in [1.807, 2.05) is 13.8 Å². The molecule has 1 aromatic heterocycles. The lowest BCUT2D eigenvalue weighted by Gasteiger charge is -2.37. The van der Waals surface area contributed by atoms with Gasteiger partial charge < -0.3 is 16.0 Å². The third-order valence-corrected chi connectivity index (χ3v) is 8.10. The summed E-state index contributed by atoms with van der Waals surface area (Å²) in [5.74, 6) is -3.12. The molecule has 0 aromatic carbocycles. The van der Waals surface area contributed by atoms with Crippen molar-refractivity contribution in [2.45, 2.75) is 45.3 Å². The van der Waals surface area contributed by atoms with Crippen LogP contribution in [-0.4, -0.2) is 46.7 Å². The number of carbonyl (C=O) groups is 3. The molecule has 4 rings (SSSR count). The topological polar surface area (TPSA) is 129 Å². The number of nitrogens with zero attached hydrogens (tertiary/aromatic N) is 3. The lowest BCUT2D eigenvalue weighted by Crippen LogP contribution is -2.53. The predicted octanol–water partition coefficient (Wildman–Crippen LogP) is 2.11. The van der Waals surface area contributed by atoms with Gasteiger partial charge in [0.1, 0.15) is 11.7 Å². The molecule has 182 valence electrons. The van der Waals surface area contributed by atoms with E-state index in [1.165, 1.54) is 4.90 Å². The maximum atomic E-state index is 13.3. The Labute approximate surface area is 194 Å². The zero-order chi connectivity index (χ0) is 25.1. The Bertz CT molecular complexity index is 1080. The van der Waals surface area contributed by atoms with Gasteiger partial charge in [-0.3, -0.25) is 19.4 Å². The highest BCUT2D eigenvalue weighted by molar-refractivity contribution is 5.99. The quantitative estimate of drug-likeness (QED) is 0.671. The maximum absolute atomic E-state index is 13.3. The molecule has 0 radical (unpaired) electrons. The summed E-state index contributed by atoms with van der Waals surface area (Å²) in [6.07, 6.45) is -2.22. The first-order chi connectivity index (χ1) is 15.9. The number of aromatic nitrogens is 1. The summed E-state index contributed by atoms with van der Waals surface area (Å²) in [7, 11) is 0. The smallest absolute Gasteiger partial charge is 0.368 e. The highest BCUT2D eigenvalue weighted by Crippen LogP contribution is 2.78. The zero-order valence-electron chi connectivity index (χ0n) is 18.9. The second-order valence-electron chi connectivity index (χ2n) is 9.94. The standard InChI is InChI=1S/C23H26F3N5O3/c1-21(2)15-11-31(20(34)13-5-7-29-16(9-13)23(24,25)26)17(18(28)32)22(15,21)14(10-27)8-12-4-3-6-30-19(12)33/h5,7,9,12,14-15,17H,3-4,6,8,11H2,1-2H3,(H2,28,32)(H,30,33)/t12-,14+,15?,17?,22?/m0/s1. The largest absolute Gasteiger partial charge is 0.433 e. The molecule has 3 fully saturated rings. The predicted molar refractivity (Wildman–Crippen MR) is 112 cm³/mol. The first kappa shape index (κ1) is 24.0. The number of nitrogens with two attached hydrogens (primary N) is 1. The summed E-state index contributed by atoms with van der Waals surface area (Å²) in [6, 6.07) is 2.90. The Kier molecular flexibility index (Phi) is 5.61. The molecule has 0 spiro atoms. The van der Waals surface area contributed by atoms with Crippen molar-refractivity contribution in [2.24, 2.45) is 34.3 Å². The number of fused-ring (bicyclic) bond motifs is 1. The number of carbonyl (C=O) groups excluding carboxylic acids is 3. The SMILES string of the molecule is CC1(C)C2CN(C(=O)c3ccnc(C(F)(F)F)c3)C(C(N)=O)C21[C@@H](C#N)C[C@@H]1CCCNC1=O. The van der Waals surface area contributed by atoms with Crippen molar-refractivity contribution >= 4 is 17.7 Å². The molecular formula is C23H26F3N5O3. The molecule has 8 nitrogen and oxygen atoms in total. The molecule has 1 aromatic rings. The lowest BCUT2D eigenvalue weighted by molar-refractivity contribution is -0.141. The van der Waals surface area contributed by atoms with Crippen LogP contribution in [0.15, 0.2) is 18.3 Å². The minimum Gasteiger partial charge on any atom is -0.368 e. The number of hydrogen-bond donors (Lipinski definition) is 2. The Balaban J connectivity index is 1.69. The molecular weight excluding hydrogens is 451 g/mol. The average Bonchev–Trinajstić information content (AvgIpc) is 3.08. The average molecular weight is 477 g/mol. The van der Waals surface area contributed by atoms with E-state index >= 15 is 0 Å². The molecule has 5 atom stereocenters. The second-order valence-corrected chi connectivity index (χ2v) is 9.94. The van der Waals surface area contributed by atoms with Crippen LogP contribution in [0.1, 0.15) is 49.2 Å². The van der Waals surface area contributed by atoms with Crippen LogP contribution in [0.25, 0.3) is 0 Å². The summed E-state index contributed by atoms with van der Waals surface area (Å²) in [6.45, 7) is 4.45. The summed E-state index contributed by atoms with van der Waals surface area (Å²) in [5, 5.41) is 12.9. The fraction of sp³-hybridized carbons (Fsp3) is 0.609. The first-order valence-electron chi connectivity index (χ1n) is 11.2. The van der Waals surface area contributed by atoms with Gasteiger partial charge in [0.25, 0.3) is 5.91 Å². The Morgan fingerprint density at radius 2 is 2.12 bits per heavy atom. The molecule has 3 N–H and O–H groups in total. The third kappa shape index (κ3) is 3.42. The van der Waals surface area contributed by atoms with E-state index in [1.54, 1.807) is 0 Å². The molecule has 34 heavy (non-hydrogen) atoms. The van der Waals surface area contributed by atoms with E-state index in [0.717, 1.165) is 18.7 Å². The van der Waals surface area contributed by atoms with E-state index in [2.05, 4.69) is 16.4 Å². The molecule has 3 amide bonds. The number of likely N-dealkylation sites (tertiary alicyclic amines) is 1. The number of halogens is 3. The molecule has 2 aliphatic heterocycles. The number of rotatable bonds is 5. The van der Waals surface area contributed by atoms with Gasteiger partial charge in [0.2, 0.25) is 11.8 Å². The summed E-state index contributed by atoms with van der Waals surface area (Å²) in [4.78, 5) is 42.8. The van der Waals surface area contributed by atoms with Crippen molar-refractivity contribution in [3.05, 3.63) is 29.6 Å². The van der Waals surface area contributed by atoms with Crippen molar-refractivity contribution in [3.63, 3.8) is 0 Å². The molecule has 1 aliphatic carbocycles. The van der Waals surface area contributed by atoms with Gasteiger partial charge in [-0.25, -0.2) is 0 Å². The van der Waals surface area contributed by atoms with E-state index < -0.39 is 52.4 Å². The van der Waals surface area contributed by atoms with E-state index in [0.29, 0.717) is 19.0 Å². The fourth-order valence-corrected chi connectivity index (χ4v) is 6.48. The summed E-state index contributed by atoms with van der Waals surface area (Å²) < 4.78 is 39.4. The first-order valence-corrected chi connectivity index (χ1v) is 11.2. The number of alkyl halides is 3. The Hall–Kier alpha value is -3.16. The van der Waals surface area contributed by atoms with Gasteiger partial charge in [-0.05, 0) is 42.7 Å². The fourth-order valence-electron chi connectivity index (χ4n) is 6.48. The number of amides is 3. The van der Waals surface area contributed by atoms with Crippen LogP contribution in [0.3, 0.4) is 0 Å². The number of primary amides is 1. The monoisotopic (exact) mass is 477 g/mol. The van der Waals surface area contributed by atoms with E-state index in [-0.39, 0.29) is 30.4 Å². The van der Waals surface area contributed by atoms with Gasteiger partial charge in [0.15, 0.2) is 0 Å².